The SMILES string of the molecule is CCN/C1=C(\C(=N)Cl)C/C(=C/NC)C(=N)c2ncc(F)cc2[C@@H](C)Oc2cc1cnc2NC. The Morgan fingerprint density at radius 1 is 1.30 bits per heavy atom. The number of allylic oxidation sites excluding steroid dienone is 2. The summed E-state index contributed by atoms with van der Waals surface area (Å²) in [6, 6.07) is 3.12. The van der Waals surface area contributed by atoms with E-state index in [1.165, 1.54) is 6.07 Å². The molecule has 2 aromatic heterocycles. The molecule has 0 saturated carbocycles. The first-order valence-corrected chi connectivity index (χ1v) is 10.9. The lowest BCUT2D eigenvalue weighted by Gasteiger charge is -2.24. The molecule has 1 aliphatic rings. The van der Waals surface area contributed by atoms with Gasteiger partial charge in [0.25, 0.3) is 0 Å². The summed E-state index contributed by atoms with van der Waals surface area (Å²) in [5.74, 6) is 0.408. The summed E-state index contributed by atoms with van der Waals surface area (Å²) >= 11 is 6.24. The molecule has 174 valence electrons. The van der Waals surface area contributed by atoms with Gasteiger partial charge in [0.15, 0.2) is 11.6 Å². The normalized spacial score (nSPS) is 19.6. The Morgan fingerprint density at radius 3 is 2.70 bits per heavy atom. The van der Waals surface area contributed by atoms with E-state index in [0.29, 0.717) is 46.1 Å². The maximum absolute atomic E-state index is 14.2. The predicted molar refractivity (Wildman–Crippen MR) is 130 cm³/mol. The molecule has 5 N–H and O–H groups in total. The molecule has 1 atom stereocenters. The highest BCUT2D eigenvalue weighted by atomic mass is 35.5. The van der Waals surface area contributed by atoms with Gasteiger partial charge in [-0.25, -0.2) is 9.37 Å². The van der Waals surface area contributed by atoms with E-state index in [-0.39, 0.29) is 23.0 Å². The fourth-order valence-corrected chi connectivity index (χ4v) is 3.81. The molecule has 10 heteroatoms. The zero-order valence-corrected chi connectivity index (χ0v) is 19.7. The summed E-state index contributed by atoms with van der Waals surface area (Å²) in [5, 5.41) is 26.2. The van der Waals surface area contributed by atoms with Crippen LogP contribution in [0.3, 0.4) is 0 Å². The molecular formula is C23H27ClFN7O. The lowest BCUT2D eigenvalue weighted by atomic mass is 9.93. The average Bonchev–Trinajstić information content (AvgIpc) is 2.79. The smallest absolute Gasteiger partial charge is 0.168 e. The lowest BCUT2D eigenvalue weighted by molar-refractivity contribution is 0.226. The Balaban J connectivity index is 2.36. The van der Waals surface area contributed by atoms with Crippen LogP contribution in [-0.2, 0) is 0 Å². The number of hydrogen-bond donors (Lipinski definition) is 5. The van der Waals surface area contributed by atoms with Gasteiger partial charge in [-0.15, -0.1) is 0 Å². The van der Waals surface area contributed by atoms with Crippen molar-refractivity contribution >= 4 is 34.0 Å². The number of ether oxygens (including phenoxy) is 1. The van der Waals surface area contributed by atoms with Crippen LogP contribution in [-0.4, -0.2) is 41.5 Å². The highest BCUT2D eigenvalue weighted by Crippen LogP contribution is 2.34. The summed E-state index contributed by atoms with van der Waals surface area (Å²) in [4.78, 5) is 8.68. The van der Waals surface area contributed by atoms with E-state index < -0.39 is 11.9 Å². The molecule has 0 unspecified atom stereocenters. The van der Waals surface area contributed by atoms with Crippen molar-refractivity contribution in [1.82, 2.24) is 20.6 Å². The number of pyridine rings is 2. The van der Waals surface area contributed by atoms with Crippen molar-refractivity contribution in [1.29, 1.82) is 10.8 Å². The first kappa shape index (κ1) is 24.2. The standard InChI is InChI=1S/C23H27ClFN7O/c1-5-30-20-14-7-18(23(29-4)32-10-14)33-12(2)16-8-15(25)11-31-21(16)19(26)13(9-28-3)6-17(20)22(24)27/h7-12,26-28,30H,5-6H2,1-4H3,(H,29,32)/b13-9-,20-17-,26-19?,27-22?/t12-/m1/s1. The maximum Gasteiger partial charge on any atom is 0.168 e. The van der Waals surface area contributed by atoms with Crippen molar-refractivity contribution in [3.8, 4) is 5.75 Å². The van der Waals surface area contributed by atoms with Gasteiger partial charge in [0, 0.05) is 61.9 Å². The van der Waals surface area contributed by atoms with Gasteiger partial charge in [0.05, 0.1) is 17.6 Å². The van der Waals surface area contributed by atoms with Crippen molar-refractivity contribution in [2.75, 3.05) is 26.0 Å². The topological polar surface area (TPSA) is 119 Å². The zero-order chi connectivity index (χ0) is 24.1. The average molecular weight is 472 g/mol. The van der Waals surface area contributed by atoms with Crippen LogP contribution in [0.1, 0.15) is 43.2 Å². The number of anilines is 1. The third kappa shape index (κ3) is 5.14. The van der Waals surface area contributed by atoms with Crippen LogP contribution in [0.15, 0.2) is 41.9 Å². The van der Waals surface area contributed by atoms with Gasteiger partial charge in [-0.1, -0.05) is 11.6 Å². The van der Waals surface area contributed by atoms with Gasteiger partial charge in [-0.3, -0.25) is 15.8 Å². The molecule has 2 bridgehead atoms. The fraction of sp³-hybridized carbons (Fsp3) is 0.304. The minimum Gasteiger partial charge on any atom is -0.482 e. The van der Waals surface area contributed by atoms with E-state index >= 15 is 0 Å². The summed E-state index contributed by atoms with van der Waals surface area (Å²) in [6.45, 7) is 4.29. The Morgan fingerprint density at radius 2 is 2.06 bits per heavy atom. The fourth-order valence-electron chi connectivity index (χ4n) is 3.65. The molecule has 2 aromatic rings. The van der Waals surface area contributed by atoms with E-state index in [1.807, 2.05) is 6.92 Å². The number of aromatic nitrogens is 2. The molecule has 0 aliphatic carbocycles. The third-order valence-electron chi connectivity index (χ3n) is 5.17. The zero-order valence-electron chi connectivity index (χ0n) is 18.9. The minimum absolute atomic E-state index is 0.0808. The number of nitrogens with one attached hydrogen (secondary N) is 5. The van der Waals surface area contributed by atoms with Crippen LogP contribution in [0.5, 0.6) is 5.75 Å². The Labute approximate surface area is 197 Å². The van der Waals surface area contributed by atoms with Gasteiger partial charge >= 0.3 is 0 Å². The molecule has 0 amide bonds. The van der Waals surface area contributed by atoms with Crippen molar-refractivity contribution in [3.63, 3.8) is 0 Å². The van der Waals surface area contributed by atoms with Gasteiger partial charge < -0.3 is 20.7 Å². The Bertz CT molecular complexity index is 1150. The van der Waals surface area contributed by atoms with E-state index in [9.17, 15) is 4.39 Å². The number of hydrogen-bond acceptors (Lipinski definition) is 8. The molecule has 8 nitrogen and oxygen atoms in total. The first-order valence-electron chi connectivity index (χ1n) is 10.5. The first-order chi connectivity index (χ1) is 15.8. The molecule has 0 saturated heterocycles. The molecule has 3 rings (SSSR count). The number of nitrogens with zero attached hydrogens (tertiary/aromatic N) is 2. The van der Waals surface area contributed by atoms with E-state index in [1.54, 1.807) is 39.5 Å². The Hall–Kier alpha value is -3.46. The monoisotopic (exact) mass is 471 g/mol. The molecule has 33 heavy (non-hydrogen) atoms. The maximum atomic E-state index is 14.2. The van der Waals surface area contributed by atoms with Crippen molar-refractivity contribution in [3.05, 3.63) is 64.5 Å². The summed E-state index contributed by atoms with van der Waals surface area (Å²) in [6.07, 6.45) is 3.94. The second-order valence-corrected chi connectivity index (χ2v) is 7.76. The molecule has 0 radical (unpaired) electrons. The van der Waals surface area contributed by atoms with Crippen LogP contribution >= 0.6 is 11.6 Å². The number of halogens is 2. The third-order valence-corrected chi connectivity index (χ3v) is 5.40. The highest BCUT2D eigenvalue weighted by molar-refractivity contribution is 6.69. The summed E-state index contributed by atoms with van der Waals surface area (Å²) in [5.41, 5.74) is 3.09. The molecule has 3 heterocycles. The predicted octanol–water partition coefficient (Wildman–Crippen LogP) is 4.21. The van der Waals surface area contributed by atoms with Crippen LogP contribution in [0.4, 0.5) is 10.2 Å². The van der Waals surface area contributed by atoms with Crippen molar-refractivity contribution in [2.24, 2.45) is 0 Å². The Kier molecular flexibility index (Phi) is 7.65. The van der Waals surface area contributed by atoms with E-state index in [4.69, 9.17) is 27.2 Å². The van der Waals surface area contributed by atoms with Crippen LogP contribution in [0.25, 0.3) is 5.70 Å². The lowest BCUT2D eigenvalue weighted by Crippen LogP contribution is -2.21. The van der Waals surface area contributed by atoms with Crippen LogP contribution < -0.4 is 20.7 Å². The highest BCUT2D eigenvalue weighted by Gasteiger charge is 2.25. The van der Waals surface area contributed by atoms with E-state index in [0.717, 1.165) is 6.20 Å². The minimum atomic E-state index is -0.625. The molecule has 0 spiro atoms. The second-order valence-electron chi connectivity index (χ2n) is 7.38. The van der Waals surface area contributed by atoms with Crippen molar-refractivity contribution in [2.45, 2.75) is 26.4 Å². The van der Waals surface area contributed by atoms with Crippen LogP contribution in [0.2, 0.25) is 0 Å². The molecule has 0 aromatic carbocycles. The van der Waals surface area contributed by atoms with Crippen molar-refractivity contribution < 1.29 is 9.13 Å². The van der Waals surface area contributed by atoms with Crippen LogP contribution in [0, 0.1) is 16.6 Å². The summed E-state index contributed by atoms with van der Waals surface area (Å²) < 4.78 is 20.4. The van der Waals surface area contributed by atoms with Gasteiger partial charge in [0.1, 0.15) is 17.1 Å². The molecule has 0 fully saturated rings. The molecular weight excluding hydrogens is 445 g/mol. The number of fused-ring (bicyclic) bond motifs is 3. The molecule has 1 aliphatic heterocycles. The van der Waals surface area contributed by atoms with E-state index in [2.05, 4.69) is 25.9 Å². The summed E-state index contributed by atoms with van der Waals surface area (Å²) in [7, 11) is 3.44. The van der Waals surface area contributed by atoms with Gasteiger partial charge in [-0.2, -0.15) is 0 Å². The second kappa shape index (κ2) is 10.4. The quantitative estimate of drug-likeness (QED) is 0.417. The largest absolute Gasteiger partial charge is 0.482 e. The van der Waals surface area contributed by atoms with Gasteiger partial charge in [0.2, 0.25) is 0 Å². The van der Waals surface area contributed by atoms with Gasteiger partial charge in [-0.05, 0) is 31.6 Å². The number of rotatable bonds is 5.